The minimum atomic E-state index is 0.391. The maximum Gasteiger partial charge on any atom is 0.158 e. The molecule has 0 amide bonds. The van der Waals surface area contributed by atoms with Gasteiger partial charge < -0.3 is 9.80 Å². The van der Waals surface area contributed by atoms with Gasteiger partial charge in [-0.2, -0.15) is 0 Å². The number of allylic oxidation sites excluding steroid dienone is 1. The highest BCUT2D eigenvalue weighted by Crippen LogP contribution is 2.27. The van der Waals surface area contributed by atoms with Crippen molar-refractivity contribution in [1.29, 1.82) is 0 Å². The van der Waals surface area contributed by atoms with Crippen LogP contribution in [-0.2, 0) is 0 Å². The van der Waals surface area contributed by atoms with E-state index in [9.17, 15) is 0 Å². The Morgan fingerprint density at radius 1 is 1.13 bits per heavy atom. The molecule has 2 aliphatic heterocycles. The average molecular weight is 310 g/mol. The number of benzene rings is 1. The third-order valence-corrected chi connectivity index (χ3v) is 4.26. The third-order valence-electron chi connectivity index (χ3n) is 2.78. The van der Waals surface area contributed by atoms with Crippen LogP contribution in [0.1, 0.15) is 0 Å². The van der Waals surface area contributed by atoms with Crippen molar-refractivity contribution in [2.24, 2.45) is 0 Å². The monoisotopic (exact) mass is 310 g/mol. The molecule has 0 N–H and O–H groups in total. The molecule has 0 fully saturated rings. The van der Waals surface area contributed by atoms with Gasteiger partial charge in [-0.3, -0.25) is 0 Å². The minimum Gasteiger partial charge on any atom is -0.350 e. The molecule has 1 aromatic rings. The van der Waals surface area contributed by atoms with Crippen LogP contribution in [-0.4, -0.2) is 21.0 Å². The van der Waals surface area contributed by atoms with Crippen LogP contribution in [0.5, 0.6) is 0 Å². The number of nitrogens with zero attached hydrogens (tertiary/aromatic N) is 2. The fourth-order valence-corrected chi connectivity index (χ4v) is 2.62. The second-order valence-corrected chi connectivity index (χ2v) is 4.95. The molecule has 15 heavy (non-hydrogen) atoms. The summed E-state index contributed by atoms with van der Waals surface area (Å²) in [4.78, 5) is 4.51. The van der Waals surface area contributed by atoms with Gasteiger partial charge in [-0.05, 0) is 39.1 Å². The lowest BCUT2D eigenvalue weighted by Crippen LogP contribution is -2.36. The van der Waals surface area contributed by atoms with E-state index in [4.69, 9.17) is 0 Å². The maximum absolute atomic E-state index is 2.44. The van der Waals surface area contributed by atoms with Crippen molar-refractivity contribution in [3.05, 3.63) is 46.6 Å². The molecule has 3 rings (SSSR count). The Morgan fingerprint density at radius 3 is 2.67 bits per heavy atom. The van der Waals surface area contributed by atoms with Gasteiger partial charge in [0.2, 0.25) is 0 Å². The van der Waals surface area contributed by atoms with Gasteiger partial charge in [0.1, 0.15) is 0 Å². The molecule has 1 atom stereocenters. The van der Waals surface area contributed by atoms with Gasteiger partial charge in [-0.1, -0.05) is 24.3 Å². The predicted molar refractivity (Wildman–Crippen MR) is 70.1 cm³/mol. The van der Waals surface area contributed by atoms with E-state index in [1.54, 1.807) is 0 Å². The van der Waals surface area contributed by atoms with Gasteiger partial charge in [0, 0.05) is 19.4 Å². The van der Waals surface area contributed by atoms with E-state index in [0.29, 0.717) is 4.17 Å². The van der Waals surface area contributed by atoms with Crippen LogP contribution in [0.15, 0.2) is 36.2 Å². The van der Waals surface area contributed by atoms with E-state index in [-0.39, 0.29) is 0 Å². The van der Waals surface area contributed by atoms with Crippen molar-refractivity contribution in [2.45, 2.75) is 4.17 Å². The zero-order valence-electron chi connectivity index (χ0n) is 8.39. The molecule has 0 saturated heterocycles. The van der Waals surface area contributed by atoms with Crippen molar-refractivity contribution in [2.75, 3.05) is 7.05 Å². The summed E-state index contributed by atoms with van der Waals surface area (Å²) in [6.07, 6.45) is 6.65. The minimum absolute atomic E-state index is 0.391. The van der Waals surface area contributed by atoms with Crippen LogP contribution < -0.4 is 10.4 Å². The summed E-state index contributed by atoms with van der Waals surface area (Å²) in [5.74, 6) is 0. The highest BCUT2D eigenvalue weighted by atomic mass is 127. The molecule has 1 aromatic carbocycles. The molecule has 2 heterocycles. The molecule has 2 aliphatic rings. The van der Waals surface area contributed by atoms with E-state index < -0.39 is 0 Å². The Morgan fingerprint density at radius 2 is 1.87 bits per heavy atom. The van der Waals surface area contributed by atoms with Gasteiger partial charge in [0.05, 0.1) is 5.70 Å². The smallest absolute Gasteiger partial charge is 0.158 e. The molecule has 0 saturated carbocycles. The largest absolute Gasteiger partial charge is 0.350 e. The highest BCUT2D eigenvalue weighted by Gasteiger charge is 2.25. The molecule has 0 aromatic heterocycles. The molecule has 76 valence electrons. The van der Waals surface area contributed by atoms with E-state index in [1.165, 1.54) is 16.1 Å². The number of fused-ring (bicyclic) bond motifs is 2. The van der Waals surface area contributed by atoms with E-state index in [2.05, 4.69) is 82.2 Å². The van der Waals surface area contributed by atoms with Crippen LogP contribution in [0.25, 0.3) is 12.3 Å². The summed E-state index contributed by atoms with van der Waals surface area (Å²) in [5, 5.41) is 2.60. The average Bonchev–Trinajstić information content (AvgIpc) is 2.52. The Kier molecular flexibility index (Phi) is 2.02. The van der Waals surface area contributed by atoms with Gasteiger partial charge >= 0.3 is 0 Å². The van der Waals surface area contributed by atoms with Gasteiger partial charge in [-0.25, -0.2) is 0 Å². The van der Waals surface area contributed by atoms with Crippen molar-refractivity contribution in [3.63, 3.8) is 0 Å². The first-order chi connectivity index (χ1) is 7.25. The first-order valence-corrected chi connectivity index (χ1v) is 6.15. The quantitative estimate of drug-likeness (QED) is 0.401. The topological polar surface area (TPSA) is 6.48 Å². The number of rotatable bonds is 0. The van der Waals surface area contributed by atoms with Gasteiger partial charge in [0.25, 0.3) is 0 Å². The second kappa shape index (κ2) is 3.27. The molecule has 2 nitrogen and oxygen atoms in total. The zero-order chi connectivity index (χ0) is 10.4. The van der Waals surface area contributed by atoms with E-state index >= 15 is 0 Å². The van der Waals surface area contributed by atoms with Crippen LogP contribution in [0, 0.1) is 0 Å². The van der Waals surface area contributed by atoms with Crippen LogP contribution in [0.4, 0.5) is 0 Å². The molecule has 0 radical (unpaired) electrons. The lowest BCUT2D eigenvalue weighted by Gasteiger charge is -2.25. The molecular formula is C12H11IN2. The fourth-order valence-electron chi connectivity index (χ4n) is 1.97. The molecule has 1 unspecified atom stereocenters. The molecule has 3 heteroatoms. The lowest BCUT2D eigenvalue weighted by molar-refractivity contribution is 0.355. The second-order valence-electron chi connectivity index (χ2n) is 3.84. The van der Waals surface area contributed by atoms with Crippen LogP contribution in [0.2, 0.25) is 0 Å². The first-order valence-electron chi connectivity index (χ1n) is 4.90. The third kappa shape index (κ3) is 1.37. The first kappa shape index (κ1) is 9.27. The Labute approximate surface area is 102 Å². The normalized spacial score (nSPS) is 22.5. The Hall–Kier alpha value is -0.970. The number of halogens is 1. The Bertz CT molecular complexity index is 547. The van der Waals surface area contributed by atoms with E-state index in [1.807, 2.05) is 0 Å². The fraction of sp³-hybridized carbons (Fsp3) is 0.167. The van der Waals surface area contributed by atoms with Gasteiger partial charge in [-0.15, -0.1) is 0 Å². The Balaban J connectivity index is 2.24. The summed E-state index contributed by atoms with van der Waals surface area (Å²) in [5.41, 5.74) is 1.27. The SMILES string of the molecule is CN1C=C2C=c3ccccc3=CN2C1I. The number of alkyl halides is 1. The lowest BCUT2D eigenvalue weighted by atomic mass is 10.2. The predicted octanol–water partition coefficient (Wildman–Crippen LogP) is 1.03. The summed E-state index contributed by atoms with van der Waals surface area (Å²) >= 11 is 2.44. The number of hydrogen-bond donors (Lipinski definition) is 0. The molecule has 0 spiro atoms. The van der Waals surface area contributed by atoms with Crippen LogP contribution in [0.3, 0.4) is 0 Å². The summed E-state index contributed by atoms with van der Waals surface area (Å²) in [6, 6.07) is 8.48. The van der Waals surface area contributed by atoms with Crippen LogP contribution >= 0.6 is 22.6 Å². The van der Waals surface area contributed by atoms with E-state index in [0.717, 1.165) is 0 Å². The van der Waals surface area contributed by atoms with Crippen molar-refractivity contribution in [3.8, 4) is 0 Å². The van der Waals surface area contributed by atoms with Gasteiger partial charge in [0.15, 0.2) is 4.17 Å². The molecule has 0 aliphatic carbocycles. The summed E-state index contributed by atoms with van der Waals surface area (Å²) in [7, 11) is 2.11. The molecular weight excluding hydrogens is 299 g/mol. The highest BCUT2D eigenvalue weighted by molar-refractivity contribution is 14.1. The summed E-state index contributed by atoms with van der Waals surface area (Å²) < 4.78 is 0.391. The summed E-state index contributed by atoms with van der Waals surface area (Å²) in [6.45, 7) is 0. The number of hydrogen-bond acceptors (Lipinski definition) is 2. The molecule has 0 bridgehead atoms. The zero-order valence-corrected chi connectivity index (χ0v) is 10.5. The van der Waals surface area contributed by atoms with Crippen molar-refractivity contribution >= 4 is 34.9 Å². The standard InChI is InChI=1S/C12H11IN2/c1-14-8-11-6-9-4-2-3-5-10(9)7-15(11)12(14)13/h2-8,12H,1H3. The van der Waals surface area contributed by atoms with Crippen molar-refractivity contribution in [1.82, 2.24) is 9.80 Å². The van der Waals surface area contributed by atoms with Crippen molar-refractivity contribution < 1.29 is 0 Å². The maximum atomic E-state index is 2.44.